The van der Waals surface area contributed by atoms with Crippen LogP contribution in [0.15, 0.2) is 59.0 Å². The van der Waals surface area contributed by atoms with Gasteiger partial charge < -0.3 is 14.3 Å². The molecule has 0 unspecified atom stereocenters. The molecule has 0 spiro atoms. The molecule has 178 valence electrons. The second kappa shape index (κ2) is 10.3. The first-order chi connectivity index (χ1) is 16.3. The van der Waals surface area contributed by atoms with Gasteiger partial charge in [0.25, 0.3) is 0 Å². The standard InChI is InChI=1S/C29H33NO4/c1-20-25(30-27(34-20)22-10-5-4-6-11-22)17-19-33-26-16-8-14-23-21(12-7-15-24(23)26)13-9-18-29(2,3)28(31)32/h4-6,8,10-12,14,16H,7,9,13,15,17-19H2,1-3H3,(H,31,32). The monoisotopic (exact) mass is 459 g/mol. The second-order valence-electron chi connectivity index (χ2n) is 9.58. The average molecular weight is 460 g/mol. The SMILES string of the molecule is Cc1oc(-c2ccccc2)nc1CCOc1cccc2c1CCC=C2CCCC(C)(C)C(=O)O. The van der Waals surface area contributed by atoms with Crippen molar-refractivity contribution in [2.45, 2.75) is 59.3 Å². The average Bonchev–Trinajstić information content (AvgIpc) is 3.20. The molecule has 34 heavy (non-hydrogen) atoms. The topological polar surface area (TPSA) is 72.6 Å². The molecule has 0 bridgehead atoms. The number of rotatable bonds is 10. The Morgan fingerprint density at radius 2 is 1.91 bits per heavy atom. The summed E-state index contributed by atoms with van der Waals surface area (Å²) in [6.07, 6.45) is 7.30. The molecule has 5 heteroatoms. The van der Waals surface area contributed by atoms with Gasteiger partial charge in [0, 0.05) is 17.5 Å². The van der Waals surface area contributed by atoms with Crippen molar-refractivity contribution in [3.8, 4) is 17.2 Å². The minimum atomic E-state index is -0.737. The van der Waals surface area contributed by atoms with Crippen LogP contribution in [-0.4, -0.2) is 22.7 Å². The number of nitrogens with zero attached hydrogens (tertiary/aromatic N) is 1. The summed E-state index contributed by atoms with van der Waals surface area (Å²) in [6, 6.07) is 16.2. The fraction of sp³-hybridized carbons (Fsp3) is 0.379. The fourth-order valence-corrected chi connectivity index (χ4v) is 4.45. The number of oxazole rings is 1. The molecule has 0 saturated heterocycles. The number of aliphatic carboxylic acids is 1. The van der Waals surface area contributed by atoms with Crippen LogP contribution in [0.2, 0.25) is 0 Å². The Balaban J connectivity index is 1.38. The third-order valence-electron chi connectivity index (χ3n) is 6.60. The number of fused-ring (bicyclic) bond motifs is 1. The van der Waals surface area contributed by atoms with E-state index in [0.717, 1.165) is 48.5 Å². The van der Waals surface area contributed by atoms with Crippen LogP contribution < -0.4 is 4.74 Å². The molecule has 3 aromatic rings. The predicted octanol–water partition coefficient (Wildman–Crippen LogP) is 6.88. The number of ether oxygens (including phenoxy) is 1. The molecule has 0 radical (unpaired) electrons. The number of hydrogen-bond donors (Lipinski definition) is 1. The Morgan fingerprint density at radius 1 is 1.12 bits per heavy atom. The summed E-state index contributed by atoms with van der Waals surface area (Å²) in [6.45, 7) is 6.07. The van der Waals surface area contributed by atoms with Crippen LogP contribution in [0.25, 0.3) is 17.0 Å². The van der Waals surface area contributed by atoms with E-state index in [2.05, 4.69) is 17.1 Å². The summed E-state index contributed by atoms with van der Waals surface area (Å²) in [5.74, 6) is 1.66. The van der Waals surface area contributed by atoms with E-state index in [4.69, 9.17) is 9.15 Å². The Kier molecular flexibility index (Phi) is 7.20. The minimum absolute atomic E-state index is 0.532. The molecular weight excluding hydrogens is 426 g/mol. The maximum atomic E-state index is 11.4. The van der Waals surface area contributed by atoms with Crippen molar-refractivity contribution >= 4 is 11.5 Å². The lowest BCUT2D eigenvalue weighted by atomic mass is 9.83. The summed E-state index contributed by atoms with van der Waals surface area (Å²) in [5, 5.41) is 9.37. The van der Waals surface area contributed by atoms with Crippen molar-refractivity contribution in [3.63, 3.8) is 0 Å². The van der Waals surface area contributed by atoms with E-state index in [1.165, 1.54) is 16.7 Å². The highest BCUT2D eigenvalue weighted by Crippen LogP contribution is 2.36. The molecule has 1 heterocycles. The van der Waals surface area contributed by atoms with Crippen molar-refractivity contribution in [1.29, 1.82) is 0 Å². The van der Waals surface area contributed by atoms with Gasteiger partial charge in [-0.15, -0.1) is 0 Å². The highest BCUT2D eigenvalue weighted by Gasteiger charge is 2.27. The van der Waals surface area contributed by atoms with E-state index >= 15 is 0 Å². The van der Waals surface area contributed by atoms with Crippen LogP contribution in [-0.2, 0) is 17.6 Å². The van der Waals surface area contributed by atoms with Gasteiger partial charge in [-0.1, -0.05) is 36.4 Å². The van der Waals surface area contributed by atoms with Crippen LogP contribution in [0, 0.1) is 12.3 Å². The first kappa shape index (κ1) is 23.8. The van der Waals surface area contributed by atoms with Crippen LogP contribution >= 0.6 is 0 Å². The molecule has 2 aromatic carbocycles. The molecule has 0 atom stereocenters. The van der Waals surface area contributed by atoms with Gasteiger partial charge in [0.15, 0.2) is 0 Å². The third kappa shape index (κ3) is 5.41. The van der Waals surface area contributed by atoms with E-state index in [0.29, 0.717) is 25.3 Å². The van der Waals surface area contributed by atoms with Crippen LogP contribution in [0.5, 0.6) is 5.75 Å². The smallest absolute Gasteiger partial charge is 0.309 e. The quantitative estimate of drug-likeness (QED) is 0.358. The molecule has 1 N–H and O–H groups in total. The third-order valence-corrected chi connectivity index (χ3v) is 6.60. The van der Waals surface area contributed by atoms with E-state index < -0.39 is 11.4 Å². The van der Waals surface area contributed by atoms with E-state index in [1.807, 2.05) is 49.4 Å². The molecule has 0 aliphatic heterocycles. The zero-order valence-corrected chi connectivity index (χ0v) is 20.3. The Hall–Kier alpha value is -3.34. The fourth-order valence-electron chi connectivity index (χ4n) is 4.45. The lowest BCUT2D eigenvalue weighted by Crippen LogP contribution is -2.23. The summed E-state index contributed by atoms with van der Waals surface area (Å²) in [5.41, 5.74) is 4.99. The number of carboxylic acids is 1. The van der Waals surface area contributed by atoms with Crippen LogP contribution in [0.1, 0.15) is 62.1 Å². The zero-order chi connectivity index (χ0) is 24.1. The lowest BCUT2D eigenvalue weighted by molar-refractivity contribution is -0.147. The summed E-state index contributed by atoms with van der Waals surface area (Å²) in [7, 11) is 0. The van der Waals surface area contributed by atoms with Gasteiger partial charge in [-0.05, 0) is 82.2 Å². The minimum Gasteiger partial charge on any atom is -0.493 e. The summed E-state index contributed by atoms with van der Waals surface area (Å²) >= 11 is 0. The largest absolute Gasteiger partial charge is 0.493 e. The Bertz CT molecular complexity index is 1170. The normalized spacial score (nSPS) is 13.3. The van der Waals surface area contributed by atoms with E-state index in [-0.39, 0.29) is 0 Å². The van der Waals surface area contributed by atoms with Crippen LogP contribution in [0.4, 0.5) is 0 Å². The second-order valence-corrected chi connectivity index (χ2v) is 9.58. The zero-order valence-electron chi connectivity index (χ0n) is 20.3. The summed E-state index contributed by atoms with van der Waals surface area (Å²) in [4.78, 5) is 16.1. The Morgan fingerprint density at radius 3 is 2.68 bits per heavy atom. The molecule has 1 aliphatic rings. The molecule has 1 aliphatic carbocycles. The molecule has 0 fully saturated rings. The van der Waals surface area contributed by atoms with Crippen molar-refractivity contribution in [3.05, 3.63) is 77.2 Å². The van der Waals surface area contributed by atoms with Gasteiger partial charge in [-0.3, -0.25) is 4.79 Å². The maximum Gasteiger partial charge on any atom is 0.309 e. The maximum absolute atomic E-state index is 11.4. The van der Waals surface area contributed by atoms with Crippen molar-refractivity contribution < 1.29 is 19.1 Å². The van der Waals surface area contributed by atoms with Gasteiger partial charge in [-0.25, -0.2) is 4.98 Å². The number of hydrogen-bond acceptors (Lipinski definition) is 4. The van der Waals surface area contributed by atoms with Gasteiger partial charge in [-0.2, -0.15) is 0 Å². The van der Waals surface area contributed by atoms with Gasteiger partial charge >= 0.3 is 5.97 Å². The number of carbonyl (C=O) groups is 1. The molecule has 0 amide bonds. The molecule has 1 aromatic heterocycles. The number of allylic oxidation sites excluding steroid dienone is 2. The number of benzene rings is 2. The molecule has 0 saturated carbocycles. The highest BCUT2D eigenvalue weighted by molar-refractivity contribution is 5.74. The highest BCUT2D eigenvalue weighted by atomic mass is 16.5. The summed E-state index contributed by atoms with van der Waals surface area (Å²) < 4.78 is 12.1. The molecule has 4 rings (SSSR count). The first-order valence-corrected chi connectivity index (χ1v) is 12.0. The van der Waals surface area contributed by atoms with Gasteiger partial charge in [0.1, 0.15) is 11.5 Å². The van der Waals surface area contributed by atoms with Crippen molar-refractivity contribution in [1.82, 2.24) is 4.98 Å². The van der Waals surface area contributed by atoms with E-state index in [9.17, 15) is 9.90 Å². The first-order valence-electron chi connectivity index (χ1n) is 12.0. The lowest BCUT2D eigenvalue weighted by Gasteiger charge is -2.23. The van der Waals surface area contributed by atoms with Crippen molar-refractivity contribution in [2.24, 2.45) is 5.41 Å². The molecule has 5 nitrogen and oxygen atoms in total. The van der Waals surface area contributed by atoms with Crippen LogP contribution in [0.3, 0.4) is 0 Å². The predicted molar refractivity (Wildman–Crippen MR) is 134 cm³/mol. The number of carboxylic acid groups (broad SMARTS) is 1. The van der Waals surface area contributed by atoms with E-state index in [1.54, 1.807) is 13.8 Å². The van der Waals surface area contributed by atoms with Gasteiger partial charge in [0.2, 0.25) is 5.89 Å². The number of aromatic nitrogens is 1. The number of aryl methyl sites for hydroxylation is 1. The van der Waals surface area contributed by atoms with Gasteiger partial charge in [0.05, 0.1) is 17.7 Å². The molecular formula is C29H33NO4. The Labute approximate surface area is 201 Å². The van der Waals surface area contributed by atoms with Crippen molar-refractivity contribution in [2.75, 3.05) is 6.61 Å².